The number of halogens is 1. The molecule has 14 heteroatoms. The average Bonchev–Trinajstić information content (AvgIpc) is 3.76. The van der Waals surface area contributed by atoms with Crippen LogP contribution in [0.5, 0.6) is 5.75 Å². The van der Waals surface area contributed by atoms with E-state index in [1.54, 1.807) is 52.1 Å². The minimum absolute atomic E-state index is 0.0442. The summed E-state index contributed by atoms with van der Waals surface area (Å²) in [5, 5.41) is 14.5. The van der Waals surface area contributed by atoms with Gasteiger partial charge >= 0.3 is 12.1 Å². The maximum absolute atomic E-state index is 14.1. The summed E-state index contributed by atoms with van der Waals surface area (Å²) in [6.45, 7) is 10.8. The molecule has 1 unspecified atom stereocenters. The number of esters is 1. The number of aliphatic hydroxyl groups is 1. The molecule has 2 saturated heterocycles. The third-order valence-electron chi connectivity index (χ3n) is 10.1. The van der Waals surface area contributed by atoms with Gasteiger partial charge in [0.2, 0.25) is 11.8 Å². The van der Waals surface area contributed by atoms with Gasteiger partial charge in [-0.3, -0.25) is 14.9 Å². The quantitative estimate of drug-likeness (QED) is 0.301. The molecular formula is C37H52ClN3O10. The first-order valence-corrected chi connectivity index (χ1v) is 17.6. The van der Waals surface area contributed by atoms with E-state index < -0.39 is 65.7 Å². The fourth-order valence-corrected chi connectivity index (χ4v) is 7.02. The number of carbonyl (C=O) groups excluding carboxylic acids is 4. The molecule has 1 aromatic rings. The smallest absolute Gasteiger partial charge is 0.409 e. The van der Waals surface area contributed by atoms with Gasteiger partial charge in [-0.2, -0.15) is 0 Å². The molecule has 4 rings (SSSR count). The lowest BCUT2D eigenvalue weighted by molar-refractivity contribution is -0.162. The molecule has 3 amide bonds. The molecule has 282 valence electrons. The van der Waals surface area contributed by atoms with Crippen molar-refractivity contribution in [2.45, 2.75) is 109 Å². The number of fused-ring (bicyclic) bond motifs is 5. The highest BCUT2D eigenvalue weighted by molar-refractivity contribution is 6.35. The van der Waals surface area contributed by atoms with Gasteiger partial charge in [0, 0.05) is 40.0 Å². The number of epoxide rings is 1. The fourth-order valence-electron chi connectivity index (χ4n) is 6.71. The van der Waals surface area contributed by atoms with Crippen LogP contribution in [0.2, 0.25) is 5.02 Å². The number of rotatable bonds is 7. The van der Waals surface area contributed by atoms with Crippen LogP contribution in [-0.2, 0) is 39.8 Å². The minimum Gasteiger partial charge on any atom is -0.495 e. The summed E-state index contributed by atoms with van der Waals surface area (Å²) in [4.78, 5) is 56.1. The molecule has 3 heterocycles. The Labute approximate surface area is 305 Å². The second kappa shape index (κ2) is 15.9. The van der Waals surface area contributed by atoms with Crippen LogP contribution in [0.1, 0.15) is 66.4 Å². The summed E-state index contributed by atoms with van der Waals surface area (Å²) in [7, 11) is 6.04. The van der Waals surface area contributed by atoms with Crippen molar-refractivity contribution in [1.29, 1.82) is 0 Å². The van der Waals surface area contributed by atoms with Gasteiger partial charge in [-0.25, -0.2) is 9.59 Å². The predicted octanol–water partition coefficient (Wildman–Crippen LogP) is 4.56. The van der Waals surface area contributed by atoms with Crippen molar-refractivity contribution in [2.75, 3.05) is 33.2 Å². The Bertz CT molecular complexity index is 1560. The number of methoxy groups -OCH3 is 2. The Kier molecular flexibility index (Phi) is 12.5. The first kappa shape index (κ1) is 40.1. The van der Waals surface area contributed by atoms with Crippen LogP contribution in [0.15, 0.2) is 35.9 Å². The Morgan fingerprint density at radius 1 is 1.22 bits per heavy atom. The van der Waals surface area contributed by atoms with Crippen molar-refractivity contribution >= 4 is 41.2 Å². The standard InChI is InChI=1S/C37H52ClN3O10/c1-20(2)14-30(42)40(7)23(5)34(44)50-29-18-31(43)41(8)25-16-24(17-26(47-9)32(25)38)15-21(3)12-11-13-28(48-10)37(46)19-27(49-35(45)39-37)22(4)33-36(29,6)51-33/h11-13,16-17,20,22-23,27-29,33,46H,14-15,18-19H2,1-10H3,(H,39,45)/b13-11+,21-12+/t22-,23+,27+,28-,29+,33?,36+,37+/m1/s1. The number of ether oxygens (including phenoxy) is 5. The van der Waals surface area contributed by atoms with Crippen molar-refractivity contribution in [2.24, 2.45) is 11.8 Å². The summed E-state index contributed by atoms with van der Waals surface area (Å²) in [6.07, 6.45) is 1.26. The third-order valence-corrected chi connectivity index (χ3v) is 10.5. The number of hydrogen-bond donors (Lipinski definition) is 2. The van der Waals surface area contributed by atoms with E-state index in [9.17, 15) is 24.3 Å². The summed E-state index contributed by atoms with van der Waals surface area (Å²) >= 11 is 6.75. The van der Waals surface area contributed by atoms with Crippen LogP contribution in [0.25, 0.3) is 0 Å². The predicted molar refractivity (Wildman–Crippen MR) is 190 cm³/mol. The summed E-state index contributed by atoms with van der Waals surface area (Å²) in [6, 6.07) is 2.64. The summed E-state index contributed by atoms with van der Waals surface area (Å²) in [5.74, 6) is -1.41. The highest BCUT2D eigenvalue weighted by Gasteiger charge is 2.64. The van der Waals surface area contributed by atoms with Crippen molar-refractivity contribution < 1.29 is 48.0 Å². The van der Waals surface area contributed by atoms with Crippen LogP contribution in [0, 0.1) is 11.8 Å². The number of amides is 3. The molecule has 2 fully saturated rings. The van der Waals surface area contributed by atoms with E-state index >= 15 is 0 Å². The highest BCUT2D eigenvalue weighted by atomic mass is 35.5. The van der Waals surface area contributed by atoms with E-state index in [1.807, 2.05) is 26.8 Å². The zero-order valence-corrected chi connectivity index (χ0v) is 31.9. The lowest BCUT2D eigenvalue weighted by atomic mass is 9.83. The molecule has 3 aliphatic heterocycles. The van der Waals surface area contributed by atoms with E-state index in [4.69, 9.17) is 35.3 Å². The number of nitrogens with zero attached hydrogens (tertiary/aromatic N) is 2. The van der Waals surface area contributed by atoms with Crippen molar-refractivity contribution in [3.63, 3.8) is 0 Å². The molecule has 2 N–H and O–H groups in total. The molecule has 0 spiro atoms. The molecule has 8 atom stereocenters. The monoisotopic (exact) mass is 733 g/mol. The zero-order valence-electron chi connectivity index (χ0n) is 31.2. The second-order valence-corrected chi connectivity index (χ2v) is 14.9. The van der Waals surface area contributed by atoms with E-state index in [2.05, 4.69) is 5.32 Å². The maximum Gasteiger partial charge on any atom is 0.409 e. The van der Waals surface area contributed by atoms with Gasteiger partial charge in [0.25, 0.3) is 0 Å². The number of hydrogen-bond acceptors (Lipinski definition) is 10. The van der Waals surface area contributed by atoms with E-state index in [0.717, 1.165) is 11.1 Å². The molecule has 0 aromatic heterocycles. The van der Waals surface area contributed by atoms with Crippen LogP contribution >= 0.6 is 11.6 Å². The van der Waals surface area contributed by atoms with Crippen LogP contribution < -0.4 is 15.0 Å². The summed E-state index contributed by atoms with van der Waals surface area (Å²) < 4.78 is 29.2. The first-order valence-electron chi connectivity index (χ1n) is 17.2. The summed E-state index contributed by atoms with van der Waals surface area (Å²) in [5.41, 5.74) is -0.878. The molecule has 3 aliphatic rings. The number of carbonyl (C=O) groups is 4. The van der Waals surface area contributed by atoms with Gasteiger partial charge in [-0.05, 0) is 50.8 Å². The Balaban J connectivity index is 1.77. The topological polar surface area (TPSA) is 156 Å². The molecule has 51 heavy (non-hydrogen) atoms. The van der Waals surface area contributed by atoms with Gasteiger partial charge in [0.05, 0.1) is 25.3 Å². The fraction of sp³-hybridized carbons (Fsp3) is 0.622. The maximum atomic E-state index is 14.1. The third kappa shape index (κ3) is 8.88. The average molecular weight is 734 g/mol. The Morgan fingerprint density at radius 3 is 2.53 bits per heavy atom. The van der Waals surface area contributed by atoms with Crippen molar-refractivity contribution in [3.05, 3.63) is 46.5 Å². The number of anilines is 1. The molecule has 13 nitrogen and oxygen atoms in total. The zero-order chi connectivity index (χ0) is 38.0. The molecule has 0 radical (unpaired) electrons. The first-order chi connectivity index (χ1) is 23.8. The lowest BCUT2D eigenvalue weighted by Gasteiger charge is -2.42. The number of alkyl carbamates (subject to hydrolysis) is 1. The van der Waals surface area contributed by atoms with Gasteiger partial charge in [0.15, 0.2) is 5.72 Å². The van der Waals surface area contributed by atoms with E-state index in [0.29, 0.717) is 17.9 Å². The Hall–Kier alpha value is -3.65. The molecular weight excluding hydrogens is 682 g/mol. The van der Waals surface area contributed by atoms with Crippen LogP contribution in [-0.4, -0.2) is 104 Å². The number of nitrogens with one attached hydrogen (secondary N) is 1. The largest absolute Gasteiger partial charge is 0.495 e. The number of likely N-dealkylation sites (N-methyl/N-ethyl adjacent to an activating group) is 1. The molecule has 0 saturated carbocycles. The van der Waals surface area contributed by atoms with Gasteiger partial charge in [-0.1, -0.05) is 56.2 Å². The van der Waals surface area contributed by atoms with Gasteiger partial charge in [0.1, 0.15) is 40.7 Å². The van der Waals surface area contributed by atoms with Gasteiger partial charge in [-0.15, -0.1) is 0 Å². The van der Waals surface area contributed by atoms with E-state index in [-0.39, 0.29) is 36.1 Å². The van der Waals surface area contributed by atoms with Crippen molar-refractivity contribution in [3.8, 4) is 5.75 Å². The van der Waals surface area contributed by atoms with E-state index in [1.165, 1.54) is 31.1 Å². The SMILES string of the molecule is COc1cc2cc(c1Cl)N(C)C(=O)C[C@H](OC(=O)[C@H](C)N(C)C(=O)CC(C)C)[C@]1(C)OC1[C@H](C)[C@@H]1C[C@@](O)(NC(=O)O1)[C@H](OC)/C=C/C=C(\C)C2. The Morgan fingerprint density at radius 2 is 1.90 bits per heavy atom. The molecule has 1 aromatic carbocycles. The second-order valence-electron chi connectivity index (χ2n) is 14.5. The molecule has 0 aliphatic carbocycles. The minimum atomic E-state index is -1.82. The van der Waals surface area contributed by atoms with Crippen molar-refractivity contribution in [1.82, 2.24) is 10.2 Å². The molecule has 4 bridgehead atoms. The number of allylic oxidation sites excluding steroid dienone is 3. The highest BCUT2D eigenvalue weighted by Crippen LogP contribution is 2.49. The van der Waals surface area contributed by atoms with Crippen LogP contribution in [0.4, 0.5) is 10.5 Å². The van der Waals surface area contributed by atoms with Crippen LogP contribution in [0.3, 0.4) is 0 Å². The van der Waals surface area contributed by atoms with Gasteiger partial charge < -0.3 is 38.6 Å². The number of benzene rings is 1. The lowest BCUT2D eigenvalue weighted by Crippen LogP contribution is -2.63. The normalized spacial score (nSPS) is 32.1.